The van der Waals surface area contributed by atoms with E-state index in [1.54, 1.807) is 0 Å². The Kier molecular flexibility index (Phi) is 2.72. The van der Waals surface area contributed by atoms with Gasteiger partial charge in [0, 0.05) is 10.9 Å². The highest BCUT2D eigenvalue weighted by atomic mass is 32.1. The zero-order valence-corrected chi connectivity index (χ0v) is 8.22. The maximum Gasteiger partial charge on any atom is 0.490 e. The van der Waals surface area contributed by atoms with E-state index >= 15 is 0 Å². The van der Waals surface area contributed by atoms with Crippen molar-refractivity contribution in [2.24, 2.45) is 0 Å². The van der Waals surface area contributed by atoms with Crippen molar-refractivity contribution >= 4 is 46.9 Å². The van der Waals surface area contributed by atoms with Crippen LogP contribution in [-0.2, 0) is 0 Å². The lowest BCUT2D eigenvalue weighted by Gasteiger charge is -2.03. The van der Waals surface area contributed by atoms with Crippen molar-refractivity contribution in [1.82, 2.24) is 9.59 Å². The summed E-state index contributed by atoms with van der Waals surface area (Å²) in [5, 5.41) is 39.9. The Bertz CT molecular complexity index is 447. The van der Waals surface area contributed by atoms with Crippen LogP contribution in [0.2, 0.25) is 0 Å². The molecule has 0 saturated carbocycles. The number of hydrogen-bond donors (Lipinski definition) is 4. The lowest BCUT2D eigenvalue weighted by Crippen LogP contribution is -2.36. The SMILES string of the molecule is OB(O)c1ccc(B(O)O)c2snnc12. The second-order valence-electron chi connectivity index (χ2n) is 2.94. The van der Waals surface area contributed by atoms with Crippen LogP contribution in [0.15, 0.2) is 12.1 Å². The third-order valence-electron chi connectivity index (χ3n) is 2.02. The molecule has 0 unspecified atom stereocenters. The summed E-state index contributed by atoms with van der Waals surface area (Å²) in [4.78, 5) is 0. The van der Waals surface area contributed by atoms with Gasteiger partial charge in [-0.3, -0.25) is 0 Å². The highest BCUT2D eigenvalue weighted by molar-refractivity contribution is 7.15. The molecule has 0 spiro atoms. The first-order valence-corrected chi connectivity index (χ1v) is 4.85. The Morgan fingerprint density at radius 2 is 1.60 bits per heavy atom. The van der Waals surface area contributed by atoms with E-state index in [1.165, 1.54) is 12.1 Å². The number of fused-ring (bicyclic) bond motifs is 1. The first-order valence-electron chi connectivity index (χ1n) is 4.08. The van der Waals surface area contributed by atoms with Gasteiger partial charge in [0.05, 0.1) is 4.70 Å². The predicted molar refractivity (Wildman–Crippen MR) is 57.1 cm³/mol. The van der Waals surface area contributed by atoms with Crippen LogP contribution in [0.25, 0.3) is 10.2 Å². The highest BCUT2D eigenvalue weighted by Crippen LogP contribution is 2.11. The summed E-state index contributed by atoms with van der Waals surface area (Å²) in [7, 11) is -3.28. The minimum atomic E-state index is -1.65. The topological polar surface area (TPSA) is 107 Å². The number of rotatable bonds is 2. The molecule has 2 aromatic rings. The molecule has 1 aromatic carbocycles. The molecule has 4 N–H and O–H groups in total. The Labute approximate surface area is 89.3 Å². The van der Waals surface area contributed by atoms with Gasteiger partial charge in [0.15, 0.2) is 0 Å². The summed E-state index contributed by atoms with van der Waals surface area (Å²) < 4.78 is 4.08. The minimum Gasteiger partial charge on any atom is -0.423 e. The van der Waals surface area contributed by atoms with Gasteiger partial charge in [-0.2, -0.15) is 0 Å². The average molecular weight is 224 g/mol. The lowest BCUT2D eigenvalue weighted by atomic mass is 9.74. The smallest absolute Gasteiger partial charge is 0.423 e. The average Bonchev–Trinajstić information content (AvgIpc) is 2.63. The van der Waals surface area contributed by atoms with Crippen molar-refractivity contribution in [2.75, 3.05) is 0 Å². The molecular weight excluding hydrogens is 218 g/mol. The van der Waals surface area contributed by atoms with Crippen molar-refractivity contribution in [1.29, 1.82) is 0 Å². The maximum atomic E-state index is 9.05. The number of benzene rings is 1. The normalized spacial score (nSPS) is 10.7. The van der Waals surface area contributed by atoms with Gasteiger partial charge in [-0.25, -0.2) is 0 Å². The van der Waals surface area contributed by atoms with Gasteiger partial charge in [-0.15, -0.1) is 5.10 Å². The Morgan fingerprint density at radius 1 is 1.00 bits per heavy atom. The molecule has 15 heavy (non-hydrogen) atoms. The fourth-order valence-corrected chi connectivity index (χ4v) is 2.04. The van der Waals surface area contributed by atoms with E-state index in [-0.39, 0.29) is 16.4 Å². The fourth-order valence-electron chi connectivity index (χ4n) is 1.31. The minimum absolute atomic E-state index is 0.197. The molecule has 1 aromatic heterocycles. The van der Waals surface area contributed by atoms with E-state index < -0.39 is 14.2 Å². The molecule has 0 saturated heterocycles. The molecule has 1 heterocycles. The second kappa shape index (κ2) is 3.87. The maximum absolute atomic E-state index is 9.05. The monoisotopic (exact) mass is 224 g/mol. The Balaban J connectivity index is 2.71. The molecule has 0 aliphatic rings. The molecule has 0 aliphatic carbocycles. The standard InChI is InChI=1S/C6H6B2N2O4S/c11-7(12)3-1-2-4(8(13)14)6-5(3)9-10-15-6/h1-2,11-14H. The molecule has 0 amide bonds. The van der Waals surface area contributed by atoms with Crippen LogP contribution < -0.4 is 10.9 Å². The van der Waals surface area contributed by atoms with Crippen LogP contribution >= 0.6 is 11.5 Å². The first-order chi connectivity index (χ1) is 7.11. The van der Waals surface area contributed by atoms with E-state index in [0.717, 1.165) is 11.5 Å². The molecule has 2 rings (SSSR count). The largest absolute Gasteiger partial charge is 0.490 e. The molecule has 9 heteroatoms. The Hall–Kier alpha value is -0.990. The van der Waals surface area contributed by atoms with Gasteiger partial charge in [0.2, 0.25) is 0 Å². The molecule has 76 valence electrons. The third-order valence-corrected chi connectivity index (χ3v) is 2.80. The molecule has 0 bridgehead atoms. The van der Waals surface area contributed by atoms with Gasteiger partial charge in [-0.1, -0.05) is 16.6 Å². The summed E-state index contributed by atoms with van der Waals surface area (Å²) in [6.45, 7) is 0. The van der Waals surface area contributed by atoms with Gasteiger partial charge >= 0.3 is 14.2 Å². The molecule has 0 atom stereocenters. The molecule has 6 nitrogen and oxygen atoms in total. The van der Waals surface area contributed by atoms with Crippen LogP contribution in [0.3, 0.4) is 0 Å². The predicted octanol–water partition coefficient (Wildman–Crippen LogP) is -2.95. The van der Waals surface area contributed by atoms with Crippen molar-refractivity contribution in [3.63, 3.8) is 0 Å². The lowest BCUT2D eigenvalue weighted by molar-refractivity contribution is 0.424. The van der Waals surface area contributed by atoms with Crippen LogP contribution in [0, 0.1) is 0 Å². The summed E-state index contributed by atoms with van der Waals surface area (Å²) in [5.74, 6) is 0. The molecular formula is C6H6B2N2O4S. The summed E-state index contributed by atoms with van der Waals surface area (Å²) in [5.41, 5.74) is 0.730. The number of hydrogen-bond acceptors (Lipinski definition) is 7. The fraction of sp³-hybridized carbons (Fsp3) is 0. The van der Waals surface area contributed by atoms with Gasteiger partial charge < -0.3 is 20.1 Å². The van der Waals surface area contributed by atoms with Gasteiger partial charge in [0.25, 0.3) is 0 Å². The zero-order valence-electron chi connectivity index (χ0n) is 7.40. The summed E-state index contributed by atoms with van der Waals surface area (Å²) in [6.07, 6.45) is 0. The number of nitrogens with zero attached hydrogens (tertiary/aromatic N) is 2. The molecule has 0 fully saturated rings. The van der Waals surface area contributed by atoms with Gasteiger partial charge in [-0.05, 0) is 11.5 Å². The Morgan fingerprint density at radius 3 is 2.20 bits per heavy atom. The highest BCUT2D eigenvalue weighted by Gasteiger charge is 2.23. The van der Waals surface area contributed by atoms with Crippen LogP contribution in [0.1, 0.15) is 0 Å². The van der Waals surface area contributed by atoms with Crippen LogP contribution in [0.5, 0.6) is 0 Å². The second-order valence-corrected chi connectivity index (χ2v) is 3.70. The van der Waals surface area contributed by atoms with Crippen molar-refractivity contribution < 1.29 is 20.1 Å². The first kappa shape index (κ1) is 10.5. The van der Waals surface area contributed by atoms with Crippen LogP contribution in [-0.4, -0.2) is 43.9 Å². The van der Waals surface area contributed by atoms with E-state index in [2.05, 4.69) is 9.59 Å². The third kappa shape index (κ3) is 1.75. The van der Waals surface area contributed by atoms with E-state index in [0.29, 0.717) is 4.70 Å². The van der Waals surface area contributed by atoms with Crippen LogP contribution in [0.4, 0.5) is 0 Å². The van der Waals surface area contributed by atoms with Crippen molar-refractivity contribution in [3.05, 3.63) is 12.1 Å². The van der Waals surface area contributed by atoms with Crippen molar-refractivity contribution in [2.45, 2.75) is 0 Å². The number of aromatic nitrogens is 2. The molecule has 0 aliphatic heterocycles. The van der Waals surface area contributed by atoms with E-state index in [1.807, 2.05) is 0 Å². The summed E-state index contributed by atoms with van der Waals surface area (Å²) >= 11 is 0.971. The van der Waals surface area contributed by atoms with Gasteiger partial charge in [0.1, 0.15) is 5.52 Å². The van der Waals surface area contributed by atoms with E-state index in [9.17, 15) is 0 Å². The van der Waals surface area contributed by atoms with E-state index in [4.69, 9.17) is 20.1 Å². The molecule has 0 radical (unpaired) electrons. The quantitative estimate of drug-likeness (QED) is 0.406. The summed E-state index contributed by atoms with van der Waals surface area (Å²) in [6, 6.07) is 2.78. The zero-order chi connectivity index (χ0) is 11.0. The van der Waals surface area contributed by atoms with Crippen molar-refractivity contribution in [3.8, 4) is 0 Å².